The molecule has 0 spiro atoms. The Hall–Kier alpha value is -3.84. The van der Waals surface area contributed by atoms with Crippen LogP contribution in [-0.2, 0) is 11.3 Å². The van der Waals surface area contributed by atoms with Gasteiger partial charge < -0.3 is 9.32 Å². The SMILES string of the molecule is CC(/C=N\N=C1/S/C(=C\c2ccc(N(C)C)cc2)C(=O)N1Cc1ccco1)=C\c1ccccc1. The van der Waals surface area contributed by atoms with Crippen molar-refractivity contribution in [2.24, 2.45) is 10.2 Å². The van der Waals surface area contributed by atoms with Crippen molar-refractivity contribution in [1.29, 1.82) is 0 Å². The van der Waals surface area contributed by atoms with Crippen molar-refractivity contribution in [3.63, 3.8) is 0 Å². The number of anilines is 1. The van der Waals surface area contributed by atoms with Crippen LogP contribution in [0.3, 0.4) is 0 Å². The van der Waals surface area contributed by atoms with Gasteiger partial charge in [-0.3, -0.25) is 9.69 Å². The molecule has 4 rings (SSSR count). The number of amides is 1. The summed E-state index contributed by atoms with van der Waals surface area (Å²) in [5, 5.41) is 9.14. The molecule has 7 heteroatoms. The zero-order chi connectivity index (χ0) is 23.9. The van der Waals surface area contributed by atoms with E-state index in [0.717, 1.165) is 22.4 Å². The number of carbonyl (C=O) groups is 1. The van der Waals surface area contributed by atoms with Crippen molar-refractivity contribution in [3.8, 4) is 0 Å². The molecule has 1 amide bonds. The Morgan fingerprint density at radius 3 is 2.47 bits per heavy atom. The lowest BCUT2D eigenvalue weighted by atomic mass is 10.1. The average Bonchev–Trinajstić information content (AvgIpc) is 3.44. The summed E-state index contributed by atoms with van der Waals surface area (Å²) in [5.74, 6) is 0.561. The zero-order valence-corrected chi connectivity index (χ0v) is 20.2. The molecule has 0 radical (unpaired) electrons. The fourth-order valence-corrected chi connectivity index (χ4v) is 4.25. The first-order valence-electron chi connectivity index (χ1n) is 10.8. The second kappa shape index (κ2) is 10.9. The minimum Gasteiger partial charge on any atom is -0.467 e. The van der Waals surface area contributed by atoms with E-state index in [9.17, 15) is 4.79 Å². The van der Waals surface area contributed by atoms with Crippen LogP contribution >= 0.6 is 11.8 Å². The van der Waals surface area contributed by atoms with E-state index in [4.69, 9.17) is 4.42 Å². The lowest BCUT2D eigenvalue weighted by Gasteiger charge is -2.12. The van der Waals surface area contributed by atoms with E-state index in [1.54, 1.807) is 23.4 Å². The predicted molar refractivity (Wildman–Crippen MR) is 142 cm³/mol. The van der Waals surface area contributed by atoms with Gasteiger partial charge in [0.2, 0.25) is 0 Å². The summed E-state index contributed by atoms with van der Waals surface area (Å²) in [6, 6.07) is 21.7. The summed E-state index contributed by atoms with van der Waals surface area (Å²) in [7, 11) is 3.99. The Labute approximate surface area is 204 Å². The summed E-state index contributed by atoms with van der Waals surface area (Å²) in [5.41, 5.74) is 4.10. The van der Waals surface area contributed by atoms with Crippen molar-refractivity contribution in [1.82, 2.24) is 4.90 Å². The van der Waals surface area contributed by atoms with Crippen LogP contribution in [0.5, 0.6) is 0 Å². The fourth-order valence-electron chi connectivity index (χ4n) is 3.32. The molecule has 6 nitrogen and oxygen atoms in total. The van der Waals surface area contributed by atoms with Crippen molar-refractivity contribution < 1.29 is 9.21 Å². The van der Waals surface area contributed by atoms with E-state index in [2.05, 4.69) is 10.2 Å². The predicted octanol–water partition coefficient (Wildman–Crippen LogP) is 5.91. The Bertz CT molecular complexity index is 1240. The largest absolute Gasteiger partial charge is 0.467 e. The number of carbonyl (C=O) groups excluding carboxylic acids is 1. The number of allylic oxidation sites excluding steroid dienone is 1. The Kier molecular flexibility index (Phi) is 7.44. The number of hydrogen-bond acceptors (Lipinski definition) is 6. The molecular weight excluding hydrogens is 444 g/mol. The highest BCUT2D eigenvalue weighted by Crippen LogP contribution is 2.34. The molecule has 2 aromatic carbocycles. The quantitative estimate of drug-likeness (QED) is 0.245. The third-order valence-corrected chi connectivity index (χ3v) is 6.08. The van der Waals surface area contributed by atoms with Gasteiger partial charge in [-0.15, -0.1) is 5.10 Å². The zero-order valence-electron chi connectivity index (χ0n) is 19.4. The van der Waals surface area contributed by atoms with Gasteiger partial charge in [-0.05, 0) is 65.7 Å². The van der Waals surface area contributed by atoms with E-state index in [0.29, 0.717) is 22.4 Å². The third-order valence-electron chi connectivity index (χ3n) is 5.09. The highest BCUT2D eigenvalue weighted by molar-refractivity contribution is 8.18. The van der Waals surface area contributed by atoms with Crippen LogP contribution in [0, 0.1) is 0 Å². The van der Waals surface area contributed by atoms with Crippen LogP contribution in [0.1, 0.15) is 23.8 Å². The highest BCUT2D eigenvalue weighted by atomic mass is 32.2. The maximum atomic E-state index is 13.2. The minimum absolute atomic E-state index is 0.122. The minimum atomic E-state index is -0.122. The molecule has 0 aliphatic carbocycles. The molecule has 34 heavy (non-hydrogen) atoms. The van der Waals surface area contributed by atoms with Crippen molar-refractivity contribution >= 4 is 46.9 Å². The standard InChI is InChI=1S/C27H26N4O2S/c1-20(16-21-8-5-4-6-9-21)18-28-29-27-31(19-24-10-7-15-33-24)26(32)25(34-27)17-22-11-13-23(14-12-22)30(2)3/h4-18H,19H2,1-3H3/b20-16+,25-17-,28-18-,29-27-. The van der Waals surface area contributed by atoms with Gasteiger partial charge in [-0.1, -0.05) is 48.5 Å². The smallest absolute Gasteiger partial charge is 0.267 e. The third kappa shape index (κ3) is 5.94. The van der Waals surface area contributed by atoms with Crippen molar-refractivity contribution in [2.45, 2.75) is 13.5 Å². The van der Waals surface area contributed by atoms with Gasteiger partial charge in [-0.25, -0.2) is 0 Å². The molecular formula is C27H26N4O2S. The number of amidine groups is 1. The average molecular weight is 471 g/mol. The highest BCUT2D eigenvalue weighted by Gasteiger charge is 2.34. The number of furan rings is 1. The van der Waals surface area contributed by atoms with Gasteiger partial charge in [0.15, 0.2) is 5.17 Å². The topological polar surface area (TPSA) is 61.4 Å². The molecule has 0 bridgehead atoms. The van der Waals surface area contributed by atoms with Gasteiger partial charge in [0.05, 0.1) is 23.9 Å². The second-order valence-corrected chi connectivity index (χ2v) is 9.00. The molecule has 1 aromatic heterocycles. The van der Waals surface area contributed by atoms with Gasteiger partial charge in [0.25, 0.3) is 5.91 Å². The lowest BCUT2D eigenvalue weighted by Crippen LogP contribution is -2.28. The van der Waals surface area contributed by atoms with Gasteiger partial charge in [-0.2, -0.15) is 5.10 Å². The first-order valence-corrected chi connectivity index (χ1v) is 11.7. The van der Waals surface area contributed by atoms with E-state index in [1.165, 1.54) is 11.8 Å². The summed E-state index contributed by atoms with van der Waals surface area (Å²) in [6.45, 7) is 2.26. The van der Waals surface area contributed by atoms with Crippen LogP contribution < -0.4 is 4.90 Å². The van der Waals surface area contributed by atoms with E-state index < -0.39 is 0 Å². The maximum absolute atomic E-state index is 13.2. The van der Waals surface area contributed by atoms with Crippen LogP contribution in [0.2, 0.25) is 0 Å². The van der Waals surface area contributed by atoms with Crippen molar-refractivity contribution in [2.75, 3.05) is 19.0 Å². The molecule has 0 N–H and O–H groups in total. The summed E-state index contributed by atoms with van der Waals surface area (Å²) >= 11 is 1.31. The normalized spacial score (nSPS) is 16.9. The molecule has 2 heterocycles. The van der Waals surface area contributed by atoms with E-state index in [-0.39, 0.29) is 5.91 Å². The van der Waals surface area contributed by atoms with Crippen LogP contribution in [0.25, 0.3) is 12.2 Å². The summed E-state index contributed by atoms with van der Waals surface area (Å²) in [4.78, 5) is 17.4. The van der Waals surface area contributed by atoms with Crippen LogP contribution in [0.15, 0.2) is 98.1 Å². The molecule has 3 aromatic rings. The maximum Gasteiger partial charge on any atom is 0.267 e. The second-order valence-electron chi connectivity index (χ2n) is 7.99. The lowest BCUT2D eigenvalue weighted by molar-refractivity contribution is -0.122. The monoisotopic (exact) mass is 470 g/mol. The number of thioether (sulfide) groups is 1. The first kappa shape index (κ1) is 23.3. The molecule has 0 unspecified atom stereocenters. The molecule has 1 aliphatic heterocycles. The molecule has 172 valence electrons. The van der Waals surface area contributed by atoms with E-state index >= 15 is 0 Å². The number of hydrogen-bond donors (Lipinski definition) is 0. The molecule has 0 saturated carbocycles. The summed E-state index contributed by atoms with van der Waals surface area (Å²) < 4.78 is 5.46. The number of rotatable bonds is 7. The Morgan fingerprint density at radius 2 is 1.79 bits per heavy atom. The number of benzene rings is 2. The van der Waals surface area contributed by atoms with Crippen LogP contribution in [0.4, 0.5) is 5.69 Å². The fraction of sp³-hybridized carbons (Fsp3) is 0.148. The molecule has 1 aliphatic rings. The number of nitrogens with zero attached hydrogens (tertiary/aromatic N) is 4. The Morgan fingerprint density at radius 1 is 1.03 bits per heavy atom. The molecule has 0 atom stereocenters. The van der Waals surface area contributed by atoms with Crippen LogP contribution in [-0.4, -0.2) is 36.3 Å². The first-order chi connectivity index (χ1) is 16.5. The van der Waals surface area contributed by atoms with Crippen molar-refractivity contribution in [3.05, 3.63) is 100 Å². The van der Waals surface area contributed by atoms with Gasteiger partial charge >= 0.3 is 0 Å². The Balaban J connectivity index is 1.57. The molecule has 1 fully saturated rings. The van der Waals surface area contributed by atoms with Gasteiger partial charge in [0, 0.05) is 19.8 Å². The molecule has 1 saturated heterocycles. The van der Waals surface area contributed by atoms with E-state index in [1.807, 2.05) is 98.7 Å². The summed E-state index contributed by atoms with van der Waals surface area (Å²) in [6.07, 6.45) is 7.20. The van der Waals surface area contributed by atoms with Gasteiger partial charge in [0.1, 0.15) is 5.76 Å².